The van der Waals surface area contributed by atoms with Gasteiger partial charge in [-0.2, -0.15) is 5.10 Å². The van der Waals surface area contributed by atoms with Gasteiger partial charge in [0.15, 0.2) is 11.6 Å². The Kier molecular flexibility index (Phi) is 5.73. The van der Waals surface area contributed by atoms with Crippen molar-refractivity contribution in [3.05, 3.63) is 46.5 Å². The molecule has 1 N–H and O–H groups in total. The predicted octanol–water partition coefficient (Wildman–Crippen LogP) is 3.35. The number of methoxy groups -OCH3 is 1. The zero-order valence-corrected chi connectivity index (χ0v) is 13.6. The summed E-state index contributed by atoms with van der Waals surface area (Å²) in [5.41, 5.74) is 3.60. The van der Waals surface area contributed by atoms with E-state index in [-0.39, 0.29) is 11.3 Å². The van der Waals surface area contributed by atoms with Gasteiger partial charge in [-0.05, 0) is 56.9 Å². The number of aryl methyl sites for hydroxylation is 2. The summed E-state index contributed by atoms with van der Waals surface area (Å²) in [4.78, 5) is 11.4. The van der Waals surface area contributed by atoms with Crippen LogP contribution >= 0.6 is 0 Å². The maximum Gasteiger partial charge on any atom is 0.337 e. The average Bonchev–Trinajstić information content (AvgIpc) is 2.87. The molecule has 1 aromatic carbocycles. The Balaban J connectivity index is 1.83. The van der Waals surface area contributed by atoms with E-state index in [0.29, 0.717) is 6.61 Å². The van der Waals surface area contributed by atoms with Gasteiger partial charge in [-0.1, -0.05) is 0 Å². The molecule has 23 heavy (non-hydrogen) atoms. The minimum absolute atomic E-state index is 0.0728. The molecule has 0 amide bonds. The second kappa shape index (κ2) is 7.76. The third-order valence-electron chi connectivity index (χ3n) is 3.71. The van der Waals surface area contributed by atoms with Crippen LogP contribution in [0.25, 0.3) is 0 Å². The molecule has 0 saturated heterocycles. The first-order valence-electron chi connectivity index (χ1n) is 7.54. The minimum atomic E-state index is -0.513. The second-order valence-electron chi connectivity index (χ2n) is 5.35. The largest absolute Gasteiger partial charge is 0.490 e. The molecule has 0 unspecified atom stereocenters. The maximum atomic E-state index is 13.7. The fourth-order valence-electron chi connectivity index (χ4n) is 2.39. The fourth-order valence-corrected chi connectivity index (χ4v) is 2.39. The topological polar surface area (TPSA) is 64.2 Å². The first kappa shape index (κ1) is 17.0. The number of ether oxygens (including phenoxy) is 2. The Morgan fingerprint density at radius 2 is 2.09 bits per heavy atom. The minimum Gasteiger partial charge on any atom is -0.490 e. The van der Waals surface area contributed by atoms with Gasteiger partial charge in [0.1, 0.15) is 0 Å². The van der Waals surface area contributed by atoms with Crippen molar-refractivity contribution in [1.82, 2.24) is 10.2 Å². The summed E-state index contributed by atoms with van der Waals surface area (Å²) in [6, 6.07) is 3.95. The monoisotopic (exact) mass is 320 g/mol. The molecular weight excluding hydrogens is 299 g/mol. The number of rotatable bonds is 7. The first-order chi connectivity index (χ1) is 11.0. The highest BCUT2D eigenvalue weighted by Crippen LogP contribution is 2.20. The van der Waals surface area contributed by atoms with Gasteiger partial charge in [0, 0.05) is 5.69 Å². The molecule has 0 saturated carbocycles. The molecule has 6 heteroatoms. The summed E-state index contributed by atoms with van der Waals surface area (Å²) in [7, 11) is 1.28. The van der Waals surface area contributed by atoms with Gasteiger partial charge in [0.25, 0.3) is 0 Å². The van der Waals surface area contributed by atoms with Crippen molar-refractivity contribution in [3.63, 3.8) is 0 Å². The van der Waals surface area contributed by atoms with Crippen LogP contribution in [-0.2, 0) is 11.2 Å². The summed E-state index contributed by atoms with van der Waals surface area (Å²) >= 11 is 0. The molecule has 1 heterocycles. The standard InChI is InChI=1S/C17H21FN2O3/c1-11-14(12(2)20-19-11)6-4-5-9-23-16-10-13(17(21)22-3)7-8-15(16)18/h7-8,10H,4-6,9H2,1-3H3,(H,19,20). The third kappa shape index (κ3) is 4.31. The van der Waals surface area contributed by atoms with Gasteiger partial charge in [0.05, 0.1) is 25.0 Å². The van der Waals surface area contributed by atoms with Gasteiger partial charge in [0.2, 0.25) is 0 Å². The van der Waals surface area contributed by atoms with Crippen LogP contribution in [0.4, 0.5) is 4.39 Å². The van der Waals surface area contributed by atoms with E-state index >= 15 is 0 Å². The predicted molar refractivity (Wildman–Crippen MR) is 84.2 cm³/mol. The van der Waals surface area contributed by atoms with E-state index in [1.54, 1.807) is 0 Å². The normalized spacial score (nSPS) is 10.6. The van der Waals surface area contributed by atoms with Gasteiger partial charge in [-0.15, -0.1) is 0 Å². The van der Waals surface area contributed by atoms with Crippen LogP contribution in [0, 0.1) is 19.7 Å². The number of hydrogen-bond acceptors (Lipinski definition) is 4. The molecule has 5 nitrogen and oxygen atoms in total. The van der Waals surface area contributed by atoms with E-state index in [9.17, 15) is 9.18 Å². The Bertz CT molecular complexity index is 663. The number of aromatic amines is 1. The SMILES string of the molecule is COC(=O)c1ccc(F)c(OCCCCc2c(C)n[nH]c2C)c1. The first-order valence-corrected chi connectivity index (χ1v) is 7.54. The van der Waals surface area contributed by atoms with E-state index in [1.165, 1.54) is 30.9 Å². The lowest BCUT2D eigenvalue weighted by Gasteiger charge is -2.09. The van der Waals surface area contributed by atoms with Crippen LogP contribution in [0.1, 0.15) is 40.2 Å². The number of carbonyl (C=O) groups excluding carboxylic acids is 1. The number of hydrogen-bond donors (Lipinski definition) is 1. The zero-order chi connectivity index (χ0) is 16.8. The van der Waals surface area contributed by atoms with Crippen LogP contribution < -0.4 is 4.74 Å². The van der Waals surface area contributed by atoms with Crippen LogP contribution in [-0.4, -0.2) is 29.9 Å². The highest BCUT2D eigenvalue weighted by molar-refractivity contribution is 5.89. The summed E-state index contributed by atoms with van der Waals surface area (Å²) in [6.07, 6.45) is 2.60. The summed E-state index contributed by atoms with van der Waals surface area (Å²) in [5.74, 6) is -0.927. The molecule has 0 spiro atoms. The fraction of sp³-hybridized carbons (Fsp3) is 0.412. The van der Waals surface area contributed by atoms with E-state index < -0.39 is 11.8 Å². The van der Waals surface area contributed by atoms with Crippen molar-refractivity contribution in [2.24, 2.45) is 0 Å². The molecule has 0 aliphatic heterocycles. The quantitative estimate of drug-likeness (QED) is 0.627. The van der Waals surface area contributed by atoms with E-state index in [1.807, 2.05) is 13.8 Å². The molecule has 0 aliphatic rings. The lowest BCUT2D eigenvalue weighted by molar-refractivity contribution is 0.0600. The summed E-state index contributed by atoms with van der Waals surface area (Å²) in [6.45, 7) is 4.36. The highest BCUT2D eigenvalue weighted by Gasteiger charge is 2.11. The van der Waals surface area contributed by atoms with Crippen LogP contribution in [0.3, 0.4) is 0 Å². The van der Waals surface area contributed by atoms with Crippen molar-refractivity contribution < 1.29 is 18.7 Å². The molecule has 124 valence electrons. The Hall–Kier alpha value is -2.37. The number of benzene rings is 1. The van der Waals surface area contributed by atoms with E-state index in [2.05, 4.69) is 14.9 Å². The molecule has 0 atom stereocenters. The number of carbonyl (C=O) groups is 1. The van der Waals surface area contributed by atoms with E-state index in [0.717, 1.165) is 30.7 Å². The number of nitrogens with one attached hydrogen (secondary N) is 1. The molecule has 0 radical (unpaired) electrons. The number of nitrogens with zero attached hydrogens (tertiary/aromatic N) is 1. The Labute approximate surface area is 134 Å². The maximum absolute atomic E-state index is 13.7. The van der Waals surface area contributed by atoms with Crippen LogP contribution in [0.5, 0.6) is 5.75 Å². The Morgan fingerprint density at radius 3 is 2.74 bits per heavy atom. The van der Waals surface area contributed by atoms with Crippen molar-refractivity contribution in [2.75, 3.05) is 13.7 Å². The molecule has 0 aliphatic carbocycles. The number of H-pyrrole nitrogens is 1. The number of aromatic nitrogens is 2. The molecular formula is C17H21FN2O3. The lowest BCUT2D eigenvalue weighted by atomic mass is 10.1. The van der Waals surface area contributed by atoms with Crippen LogP contribution in [0.2, 0.25) is 0 Å². The number of unbranched alkanes of at least 4 members (excludes halogenated alkanes) is 1. The Morgan fingerprint density at radius 1 is 1.30 bits per heavy atom. The van der Waals surface area contributed by atoms with E-state index in [4.69, 9.17) is 4.74 Å². The summed E-state index contributed by atoms with van der Waals surface area (Å²) in [5, 5.41) is 7.12. The van der Waals surface area contributed by atoms with Gasteiger partial charge in [-0.25, -0.2) is 9.18 Å². The van der Waals surface area contributed by atoms with Crippen molar-refractivity contribution in [3.8, 4) is 5.75 Å². The average molecular weight is 320 g/mol. The summed E-state index contributed by atoms with van der Waals surface area (Å²) < 4.78 is 23.7. The highest BCUT2D eigenvalue weighted by atomic mass is 19.1. The lowest BCUT2D eigenvalue weighted by Crippen LogP contribution is -2.04. The van der Waals surface area contributed by atoms with Crippen molar-refractivity contribution >= 4 is 5.97 Å². The third-order valence-corrected chi connectivity index (χ3v) is 3.71. The molecule has 2 aromatic rings. The van der Waals surface area contributed by atoms with Gasteiger partial charge in [-0.3, -0.25) is 5.10 Å². The number of halogens is 1. The van der Waals surface area contributed by atoms with Crippen LogP contribution in [0.15, 0.2) is 18.2 Å². The van der Waals surface area contributed by atoms with Crippen molar-refractivity contribution in [2.45, 2.75) is 33.1 Å². The molecule has 0 bridgehead atoms. The zero-order valence-electron chi connectivity index (χ0n) is 13.6. The second-order valence-corrected chi connectivity index (χ2v) is 5.35. The smallest absolute Gasteiger partial charge is 0.337 e. The van der Waals surface area contributed by atoms with Gasteiger partial charge < -0.3 is 9.47 Å². The van der Waals surface area contributed by atoms with Crippen molar-refractivity contribution in [1.29, 1.82) is 0 Å². The van der Waals surface area contributed by atoms with Gasteiger partial charge >= 0.3 is 5.97 Å². The molecule has 0 fully saturated rings. The number of esters is 1. The molecule has 2 rings (SSSR count). The molecule has 1 aromatic heterocycles.